The molecule has 4 rings (SSSR count). The fraction of sp³-hybridized carbons (Fsp3) is 0.647. The third-order valence-corrected chi connectivity index (χ3v) is 4.85. The molecule has 0 bridgehead atoms. The molecule has 2 heterocycles. The fourth-order valence-corrected chi connectivity index (χ4v) is 3.39. The minimum absolute atomic E-state index is 0.518. The van der Waals surface area contributed by atoms with Gasteiger partial charge in [0, 0.05) is 43.3 Å². The summed E-state index contributed by atoms with van der Waals surface area (Å²) in [5.74, 6) is 2.68. The van der Waals surface area contributed by atoms with Crippen LogP contribution in [-0.2, 0) is 0 Å². The first kappa shape index (κ1) is 13.3. The van der Waals surface area contributed by atoms with Crippen molar-refractivity contribution >= 4 is 5.69 Å². The maximum absolute atomic E-state index is 5.83. The van der Waals surface area contributed by atoms with Crippen molar-refractivity contribution in [3.05, 3.63) is 18.2 Å². The summed E-state index contributed by atoms with van der Waals surface area (Å²) in [5, 5.41) is 3.71. The van der Waals surface area contributed by atoms with Crippen LogP contribution in [0.25, 0.3) is 0 Å². The first-order valence-electron chi connectivity index (χ1n) is 8.21. The third kappa shape index (κ3) is 2.69. The van der Waals surface area contributed by atoms with E-state index >= 15 is 0 Å². The molecule has 0 aromatic heterocycles. The molecule has 114 valence electrons. The lowest BCUT2D eigenvalue weighted by Gasteiger charge is -2.40. The molecule has 1 aromatic carbocycles. The maximum atomic E-state index is 5.83. The van der Waals surface area contributed by atoms with Crippen LogP contribution in [0.5, 0.6) is 11.5 Å². The smallest absolute Gasteiger partial charge is 0.163 e. The van der Waals surface area contributed by atoms with E-state index < -0.39 is 0 Å². The largest absolute Gasteiger partial charge is 0.490 e. The van der Waals surface area contributed by atoms with Gasteiger partial charge < -0.3 is 19.7 Å². The van der Waals surface area contributed by atoms with Gasteiger partial charge in [0.15, 0.2) is 11.5 Å². The van der Waals surface area contributed by atoms with Crippen LogP contribution in [0.3, 0.4) is 0 Å². The van der Waals surface area contributed by atoms with Crippen molar-refractivity contribution in [2.24, 2.45) is 5.92 Å². The predicted octanol–water partition coefficient (Wildman–Crippen LogP) is 2.42. The molecule has 2 unspecified atom stereocenters. The highest BCUT2D eigenvalue weighted by molar-refractivity contribution is 5.57. The molecule has 4 heteroatoms. The van der Waals surface area contributed by atoms with Gasteiger partial charge in [0.05, 0.1) is 13.2 Å². The van der Waals surface area contributed by atoms with E-state index in [0.717, 1.165) is 50.1 Å². The van der Waals surface area contributed by atoms with Crippen molar-refractivity contribution in [2.75, 3.05) is 31.2 Å². The molecule has 4 nitrogen and oxygen atoms in total. The highest BCUT2D eigenvalue weighted by atomic mass is 16.5. The molecule has 1 saturated carbocycles. The summed E-state index contributed by atoms with van der Waals surface area (Å²) >= 11 is 0. The Morgan fingerprint density at radius 3 is 2.76 bits per heavy atom. The molecular weight excluding hydrogens is 264 g/mol. The Kier molecular flexibility index (Phi) is 3.42. The Hall–Kier alpha value is -1.42. The Morgan fingerprint density at radius 2 is 1.95 bits per heavy atom. The van der Waals surface area contributed by atoms with Crippen molar-refractivity contribution in [3.8, 4) is 11.5 Å². The van der Waals surface area contributed by atoms with E-state index in [4.69, 9.17) is 9.47 Å². The Balaban J connectivity index is 1.57. The SMILES string of the molecule is CC1CNC(C2CC2)CN1c1ccc2c(c1)OCCCO2. The lowest BCUT2D eigenvalue weighted by molar-refractivity contribution is 0.297. The molecule has 2 atom stereocenters. The number of piperazine rings is 1. The van der Waals surface area contributed by atoms with Crippen LogP contribution in [0.4, 0.5) is 5.69 Å². The normalized spacial score (nSPS) is 29.1. The van der Waals surface area contributed by atoms with Crippen LogP contribution in [-0.4, -0.2) is 38.4 Å². The second kappa shape index (κ2) is 5.41. The number of fused-ring (bicyclic) bond motifs is 1. The average Bonchev–Trinajstić information content (AvgIpc) is 3.34. The molecule has 1 N–H and O–H groups in total. The number of anilines is 1. The summed E-state index contributed by atoms with van der Waals surface area (Å²) in [4.78, 5) is 2.52. The van der Waals surface area contributed by atoms with Crippen LogP contribution in [0.2, 0.25) is 0 Å². The molecule has 0 radical (unpaired) electrons. The van der Waals surface area contributed by atoms with Crippen LogP contribution in [0.1, 0.15) is 26.2 Å². The molecular formula is C17H24N2O2. The van der Waals surface area contributed by atoms with Gasteiger partial charge in [-0.05, 0) is 37.8 Å². The molecule has 1 aromatic rings. The van der Waals surface area contributed by atoms with Crippen LogP contribution in [0, 0.1) is 5.92 Å². The predicted molar refractivity (Wildman–Crippen MR) is 83.4 cm³/mol. The second-order valence-corrected chi connectivity index (χ2v) is 6.54. The summed E-state index contributed by atoms with van der Waals surface area (Å²) in [6.07, 6.45) is 3.74. The molecule has 0 amide bonds. The summed E-state index contributed by atoms with van der Waals surface area (Å²) in [6.45, 7) is 5.96. The standard InChI is InChI=1S/C17H24N2O2/c1-12-10-18-15(13-3-4-13)11-19(12)14-5-6-16-17(9-14)21-8-2-7-20-16/h5-6,9,12-13,15,18H,2-4,7-8,10-11H2,1H3. The van der Waals surface area contributed by atoms with Gasteiger partial charge in [-0.25, -0.2) is 0 Å². The number of hydrogen-bond donors (Lipinski definition) is 1. The van der Waals surface area contributed by atoms with E-state index in [2.05, 4.69) is 35.3 Å². The monoisotopic (exact) mass is 288 g/mol. The van der Waals surface area contributed by atoms with Gasteiger partial charge in [-0.15, -0.1) is 0 Å². The summed E-state index contributed by atoms with van der Waals surface area (Å²) in [7, 11) is 0. The first-order valence-corrected chi connectivity index (χ1v) is 8.21. The van der Waals surface area contributed by atoms with Gasteiger partial charge in [-0.1, -0.05) is 0 Å². The zero-order valence-corrected chi connectivity index (χ0v) is 12.7. The van der Waals surface area contributed by atoms with Crippen molar-refractivity contribution in [3.63, 3.8) is 0 Å². The van der Waals surface area contributed by atoms with E-state index in [1.807, 2.05) is 0 Å². The third-order valence-electron chi connectivity index (χ3n) is 4.85. The zero-order valence-electron chi connectivity index (χ0n) is 12.7. The van der Waals surface area contributed by atoms with E-state index in [1.54, 1.807) is 0 Å². The van der Waals surface area contributed by atoms with Gasteiger partial charge in [-0.3, -0.25) is 0 Å². The summed E-state index contributed by atoms with van der Waals surface area (Å²) < 4.78 is 11.6. The number of rotatable bonds is 2. The van der Waals surface area contributed by atoms with E-state index in [0.29, 0.717) is 12.1 Å². The quantitative estimate of drug-likeness (QED) is 0.906. The highest BCUT2D eigenvalue weighted by Crippen LogP contribution is 2.37. The van der Waals surface area contributed by atoms with E-state index in [-0.39, 0.29) is 0 Å². The second-order valence-electron chi connectivity index (χ2n) is 6.54. The average molecular weight is 288 g/mol. The summed E-state index contributed by atoms with van der Waals surface area (Å²) in [5.41, 5.74) is 1.26. The van der Waals surface area contributed by atoms with Gasteiger partial charge in [0.2, 0.25) is 0 Å². The lowest BCUT2D eigenvalue weighted by Crippen LogP contribution is -2.56. The number of benzene rings is 1. The first-order chi connectivity index (χ1) is 10.3. The van der Waals surface area contributed by atoms with Gasteiger partial charge in [0.25, 0.3) is 0 Å². The van der Waals surface area contributed by atoms with Crippen molar-refractivity contribution in [2.45, 2.75) is 38.3 Å². The molecule has 1 saturated heterocycles. The van der Waals surface area contributed by atoms with Crippen molar-refractivity contribution < 1.29 is 9.47 Å². The van der Waals surface area contributed by atoms with Crippen molar-refractivity contribution in [1.29, 1.82) is 0 Å². The number of nitrogens with one attached hydrogen (secondary N) is 1. The van der Waals surface area contributed by atoms with Gasteiger partial charge in [-0.2, -0.15) is 0 Å². The Morgan fingerprint density at radius 1 is 1.14 bits per heavy atom. The summed E-state index contributed by atoms with van der Waals surface area (Å²) in [6, 6.07) is 7.57. The number of ether oxygens (including phenoxy) is 2. The van der Waals surface area contributed by atoms with E-state index in [1.165, 1.54) is 18.5 Å². The molecule has 2 aliphatic heterocycles. The van der Waals surface area contributed by atoms with Crippen LogP contribution < -0.4 is 19.7 Å². The minimum atomic E-state index is 0.518. The number of nitrogens with zero attached hydrogens (tertiary/aromatic N) is 1. The molecule has 3 aliphatic rings. The van der Waals surface area contributed by atoms with Crippen LogP contribution >= 0.6 is 0 Å². The number of hydrogen-bond acceptors (Lipinski definition) is 4. The Bertz CT molecular complexity index is 516. The minimum Gasteiger partial charge on any atom is -0.490 e. The lowest BCUT2D eigenvalue weighted by atomic mass is 10.0. The molecule has 2 fully saturated rings. The van der Waals surface area contributed by atoms with Crippen molar-refractivity contribution in [1.82, 2.24) is 5.32 Å². The fourth-order valence-electron chi connectivity index (χ4n) is 3.39. The highest BCUT2D eigenvalue weighted by Gasteiger charge is 2.36. The topological polar surface area (TPSA) is 33.7 Å². The molecule has 0 spiro atoms. The molecule has 1 aliphatic carbocycles. The Labute approximate surface area is 126 Å². The molecule has 21 heavy (non-hydrogen) atoms. The van der Waals surface area contributed by atoms with E-state index in [9.17, 15) is 0 Å². The van der Waals surface area contributed by atoms with Crippen LogP contribution in [0.15, 0.2) is 18.2 Å². The zero-order chi connectivity index (χ0) is 14.2. The van der Waals surface area contributed by atoms with Gasteiger partial charge in [0.1, 0.15) is 0 Å². The van der Waals surface area contributed by atoms with Gasteiger partial charge >= 0.3 is 0 Å². The maximum Gasteiger partial charge on any atom is 0.163 e.